The Morgan fingerprint density at radius 3 is 2.67 bits per heavy atom. The van der Waals surface area contributed by atoms with Crippen LogP contribution in [0.25, 0.3) is 11.0 Å². The van der Waals surface area contributed by atoms with Gasteiger partial charge >= 0.3 is 5.97 Å². The fourth-order valence-corrected chi connectivity index (χ4v) is 2.68. The zero-order chi connectivity index (χ0) is 18.0. The molecule has 0 aromatic carbocycles. The van der Waals surface area contributed by atoms with Crippen LogP contribution in [-0.2, 0) is 27.9 Å². The fourth-order valence-electron chi connectivity index (χ4n) is 2.68. The zero-order valence-electron chi connectivity index (χ0n) is 14.5. The Morgan fingerprint density at radius 1 is 1.38 bits per heavy atom. The van der Waals surface area contributed by atoms with E-state index in [1.807, 2.05) is 13.8 Å². The molecule has 2 N–H and O–H groups in total. The summed E-state index contributed by atoms with van der Waals surface area (Å²) in [6, 6.07) is 0. The van der Waals surface area contributed by atoms with Crippen molar-refractivity contribution in [3.05, 3.63) is 27.2 Å². The Balaban J connectivity index is 2.21. The number of carbonyl (C=O) groups excluding carboxylic acids is 2. The number of rotatable bonds is 5. The highest BCUT2D eigenvalue weighted by atomic mass is 16.5. The van der Waals surface area contributed by atoms with E-state index >= 15 is 0 Å². The Labute approximate surface area is 139 Å². The van der Waals surface area contributed by atoms with Crippen LogP contribution in [0.2, 0.25) is 0 Å². The number of amides is 1. The first-order valence-electron chi connectivity index (χ1n) is 7.65. The number of carbonyl (C=O) groups is 2. The molecule has 130 valence electrons. The molecule has 2 aromatic heterocycles. The molecule has 0 saturated heterocycles. The van der Waals surface area contributed by atoms with Crippen LogP contribution < -0.4 is 10.9 Å². The number of fused-ring (bicyclic) bond motifs is 1. The van der Waals surface area contributed by atoms with Crippen molar-refractivity contribution in [2.45, 2.75) is 33.7 Å². The van der Waals surface area contributed by atoms with E-state index in [0.29, 0.717) is 11.0 Å². The van der Waals surface area contributed by atoms with E-state index in [4.69, 9.17) is 0 Å². The number of nitrogens with one attached hydrogen (secondary N) is 2. The van der Waals surface area contributed by atoms with Gasteiger partial charge in [-0.2, -0.15) is 0 Å². The van der Waals surface area contributed by atoms with Crippen LogP contribution in [0.4, 0.5) is 0 Å². The van der Waals surface area contributed by atoms with Gasteiger partial charge in [0.2, 0.25) is 5.91 Å². The van der Waals surface area contributed by atoms with Crippen LogP contribution in [0.3, 0.4) is 0 Å². The molecule has 0 spiro atoms. The molecule has 0 aliphatic heterocycles. The monoisotopic (exact) mass is 334 g/mol. The number of ether oxygens (including phenoxy) is 1. The first kappa shape index (κ1) is 17.7. The number of hydrogen-bond acceptors (Lipinski definition) is 5. The molecule has 0 bridgehead atoms. The smallest absolute Gasteiger partial charge is 0.306 e. The minimum Gasteiger partial charge on any atom is -0.469 e. The second-order valence-corrected chi connectivity index (χ2v) is 5.90. The van der Waals surface area contributed by atoms with Gasteiger partial charge < -0.3 is 10.1 Å². The molecule has 0 fully saturated rings. The topological polar surface area (TPSA) is 106 Å². The predicted octanol–water partition coefficient (Wildman–Crippen LogP) is 0.694. The summed E-state index contributed by atoms with van der Waals surface area (Å²) < 4.78 is 6.15. The summed E-state index contributed by atoms with van der Waals surface area (Å²) in [5, 5.41) is 6.00. The van der Waals surface area contributed by atoms with Crippen LogP contribution >= 0.6 is 0 Å². The van der Waals surface area contributed by atoms with E-state index in [1.54, 1.807) is 18.7 Å². The molecule has 1 unspecified atom stereocenters. The van der Waals surface area contributed by atoms with Crippen LogP contribution in [0.1, 0.15) is 30.2 Å². The van der Waals surface area contributed by atoms with Crippen molar-refractivity contribution in [3.63, 3.8) is 0 Å². The van der Waals surface area contributed by atoms with E-state index in [9.17, 15) is 14.4 Å². The van der Waals surface area contributed by atoms with Crippen LogP contribution in [0, 0.1) is 19.8 Å². The van der Waals surface area contributed by atoms with Crippen molar-refractivity contribution in [1.82, 2.24) is 20.1 Å². The van der Waals surface area contributed by atoms with Gasteiger partial charge in [0.25, 0.3) is 5.56 Å². The summed E-state index contributed by atoms with van der Waals surface area (Å²) >= 11 is 0. The number of pyridine rings is 1. The highest BCUT2D eigenvalue weighted by molar-refractivity contribution is 5.84. The lowest BCUT2D eigenvalue weighted by molar-refractivity contribution is -0.143. The maximum absolute atomic E-state index is 12.1. The Bertz CT molecular complexity index is 850. The van der Waals surface area contributed by atoms with Crippen LogP contribution in [-0.4, -0.2) is 33.8 Å². The zero-order valence-corrected chi connectivity index (χ0v) is 14.5. The summed E-state index contributed by atoms with van der Waals surface area (Å²) in [5.74, 6) is -1.17. The second kappa shape index (κ2) is 6.86. The number of nitrogens with zero attached hydrogens (tertiary/aromatic N) is 2. The van der Waals surface area contributed by atoms with Crippen molar-refractivity contribution in [3.8, 4) is 0 Å². The SMILES string of the molecule is COC(=O)CC(C)C(=O)NCc1c(C)nc2c(c1C)c(=O)[nH]n2C. The number of aromatic amines is 1. The van der Waals surface area contributed by atoms with Crippen LogP contribution in [0.5, 0.6) is 0 Å². The van der Waals surface area contributed by atoms with Gasteiger partial charge in [-0.1, -0.05) is 6.92 Å². The molecule has 0 aliphatic carbocycles. The maximum Gasteiger partial charge on any atom is 0.306 e. The lowest BCUT2D eigenvalue weighted by Gasteiger charge is -2.14. The molecule has 0 saturated carbocycles. The third-order valence-corrected chi connectivity index (χ3v) is 4.16. The van der Waals surface area contributed by atoms with Crippen molar-refractivity contribution in [1.29, 1.82) is 0 Å². The van der Waals surface area contributed by atoms with Crippen LogP contribution in [0.15, 0.2) is 4.79 Å². The van der Waals surface area contributed by atoms with Crippen molar-refractivity contribution in [2.24, 2.45) is 13.0 Å². The molecule has 0 aliphatic rings. The van der Waals surface area contributed by atoms with E-state index < -0.39 is 11.9 Å². The average molecular weight is 334 g/mol. The molecule has 2 heterocycles. The van der Waals surface area contributed by atoms with E-state index in [0.717, 1.165) is 16.8 Å². The quantitative estimate of drug-likeness (QED) is 0.783. The maximum atomic E-state index is 12.1. The summed E-state index contributed by atoms with van der Waals surface area (Å²) in [7, 11) is 3.02. The number of H-pyrrole nitrogens is 1. The lowest BCUT2D eigenvalue weighted by Crippen LogP contribution is -2.31. The third kappa shape index (κ3) is 3.32. The molecular formula is C16H22N4O4. The Kier molecular flexibility index (Phi) is 5.06. The molecule has 8 nitrogen and oxygen atoms in total. The number of aromatic nitrogens is 3. The standard InChI is InChI=1S/C16H22N4O4/c1-8(6-12(21)24-5)15(22)17-7-11-9(2)13-14(18-10(11)3)20(4)19-16(13)23/h8H,6-7H2,1-5H3,(H,17,22)(H,19,23). The van der Waals surface area contributed by atoms with Gasteiger partial charge in [0.05, 0.1) is 18.9 Å². The lowest BCUT2D eigenvalue weighted by atomic mass is 10.0. The third-order valence-electron chi connectivity index (χ3n) is 4.16. The van der Waals surface area contributed by atoms with E-state index in [-0.39, 0.29) is 24.4 Å². The predicted molar refractivity (Wildman–Crippen MR) is 88.5 cm³/mol. The number of hydrogen-bond donors (Lipinski definition) is 2. The average Bonchev–Trinajstić information content (AvgIpc) is 2.80. The molecule has 1 atom stereocenters. The molecule has 0 radical (unpaired) electrons. The van der Waals surface area contributed by atoms with Gasteiger partial charge in [-0.25, -0.2) is 4.98 Å². The minimum absolute atomic E-state index is 0.0237. The molecule has 1 amide bonds. The molecular weight excluding hydrogens is 312 g/mol. The number of methoxy groups -OCH3 is 1. The highest BCUT2D eigenvalue weighted by Gasteiger charge is 2.19. The summed E-state index contributed by atoms with van der Waals surface area (Å²) in [5.41, 5.74) is 2.72. The first-order valence-corrected chi connectivity index (χ1v) is 7.65. The van der Waals surface area contributed by atoms with Gasteiger partial charge in [-0.3, -0.25) is 24.2 Å². The van der Waals surface area contributed by atoms with E-state index in [2.05, 4.69) is 20.1 Å². The number of esters is 1. The molecule has 2 aromatic rings. The highest BCUT2D eigenvalue weighted by Crippen LogP contribution is 2.19. The van der Waals surface area contributed by atoms with Gasteiger partial charge in [0.1, 0.15) is 0 Å². The summed E-state index contributed by atoms with van der Waals surface area (Å²) in [6.45, 7) is 5.59. The van der Waals surface area contributed by atoms with Gasteiger partial charge in [-0.15, -0.1) is 0 Å². The first-order chi connectivity index (χ1) is 11.3. The number of aryl methyl sites for hydroxylation is 3. The largest absolute Gasteiger partial charge is 0.469 e. The summed E-state index contributed by atoms with van der Waals surface area (Å²) in [4.78, 5) is 39.8. The minimum atomic E-state index is -0.491. The summed E-state index contributed by atoms with van der Waals surface area (Å²) in [6.07, 6.45) is 0.0237. The Hall–Kier alpha value is -2.64. The van der Waals surface area contributed by atoms with Gasteiger partial charge in [0, 0.05) is 25.2 Å². The molecule has 24 heavy (non-hydrogen) atoms. The van der Waals surface area contributed by atoms with Gasteiger partial charge in [0.15, 0.2) is 5.65 Å². The van der Waals surface area contributed by atoms with Gasteiger partial charge in [-0.05, 0) is 25.0 Å². The fraction of sp³-hybridized carbons (Fsp3) is 0.500. The second-order valence-electron chi connectivity index (χ2n) is 5.90. The van der Waals surface area contributed by atoms with E-state index in [1.165, 1.54) is 7.11 Å². The van der Waals surface area contributed by atoms with Crippen molar-refractivity contribution >= 4 is 22.9 Å². The molecule has 2 rings (SSSR count). The Morgan fingerprint density at radius 2 is 2.04 bits per heavy atom. The van der Waals surface area contributed by atoms with Crippen molar-refractivity contribution in [2.75, 3.05) is 7.11 Å². The van der Waals surface area contributed by atoms with Crippen molar-refractivity contribution < 1.29 is 14.3 Å². The molecule has 8 heteroatoms. The normalized spacial score (nSPS) is 12.2.